The van der Waals surface area contributed by atoms with Gasteiger partial charge in [-0.1, -0.05) is 0 Å². The van der Waals surface area contributed by atoms with Crippen LogP contribution in [0.3, 0.4) is 0 Å². The van der Waals surface area contributed by atoms with Crippen LogP contribution in [0.5, 0.6) is 5.75 Å². The van der Waals surface area contributed by atoms with Gasteiger partial charge in [0.15, 0.2) is 0 Å². The van der Waals surface area contributed by atoms with Crippen molar-refractivity contribution < 1.29 is 23.1 Å². The van der Waals surface area contributed by atoms with Gasteiger partial charge in [-0.3, -0.25) is 4.79 Å². The maximum atomic E-state index is 12.7. The van der Waals surface area contributed by atoms with E-state index in [9.17, 15) is 23.1 Å². The number of hydrogen-bond donors (Lipinski definition) is 3. The van der Waals surface area contributed by atoms with E-state index >= 15 is 0 Å². The van der Waals surface area contributed by atoms with E-state index in [4.69, 9.17) is 0 Å². The van der Waals surface area contributed by atoms with Crippen LogP contribution < -0.4 is 10.6 Å². The number of aromatic hydroxyl groups is 1. The fourth-order valence-corrected chi connectivity index (χ4v) is 2.51. The highest BCUT2D eigenvalue weighted by Crippen LogP contribution is 2.36. The monoisotopic (exact) mass is 353 g/mol. The Morgan fingerprint density at radius 3 is 2.64 bits per heavy atom. The Morgan fingerprint density at radius 2 is 2.08 bits per heavy atom. The van der Waals surface area contributed by atoms with Crippen molar-refractivity contribution in [3.05, 3.63) is 29.5 Å². The van der Waals surface area contributed by atoms with Crippen molar-refractivity contribution >= 4 is 11.9 Å². The summed E-state index contributed by atoms with van der Waals surface area (Å²) in [6.45, 7) is 2.05. The second-order valence-electron chi connectivity index (χ2n) is 5.65. The van der Waals surface area contributed by atoms with Gasteiger partial charge in [-0.2, -0.15) is 13.2 Å². The number of rotatable bonds is 3. The van der Waals surface area contributed by atoms with E-state index in [1.807, 2.05) is 0 Å². The number of carbonyl (C=O) groups excluding carboxylic acids is 1. The van der Waals surface area contributed by atoms with Crippen molar-refractivity contribution in [3.8, 4) is 17.0 Å². The number of hydrogen-bond acceptors (Lipinski definition) is 6. The number of phenolic OH excluding ortho intramolecular Hbond substituents is 1. The van der Waals surface area contributed by atoms with Crippen LogP contribution >= 0.6 is 0 Å². The molecule has 132 valence electrons. The fourth-order valence-electron chi connectivity index (χ4n) is 2.51. The quantitative estimate of drug-likeness (QED) is 0.779. The lowest BCUT2D eigenvalue weighted by molar-refractivity contribution is -0.137. The van der Waals surface area contributed by atoms with Crippen LogP contribution in [0.15, 0.2) is 18.2 Å². The minimum atomic E-state index is -4.55. The van der Waals surface area contributed by atoms with Gasteiger partial charge < -0.3 is 15.7 Å². The van der Waals surface area contributed by atoms with Crippen molar-refractivity contribution in [1.29, 1.82) is 0 Å². The Bertz CT molecular complexity index is 825. The highest BCUT2D eigenvalue weighted by molar-refractivity contribution is 5.79. The average molecular weight is 353 g/mol. The lowest BCUT2D eigenvalue weighted by Gasteiger charge is -2.13. The molecule has 2 heterocycles. The number of aromatic nitrogens is 3. The Kier molecular flexibility index (Phi) is 4.19. The van der Waals surface area contributed by atoms with Crippen LogP contribution in [0.1, 0.15) is 17.7 Å². The van der Waals surface area contributed by atoms with Crippen molar-refractivity contribution in [3.63, 3.8) is 0 Å². The Balaban J connectivity index is 1.85. The molecule has 1 saturated heterocycles. The molecule has 0 unspecified atom stereocenters. The summed E-state index contributed by atoms with van der Waals surface area (Å²) in [5.41, 5.74) is -0.291. The molecule has 25 heavy (non-hydrogen) atoms. The van der Waals surface area contributed by atoms with Gasteiger partial charge in [-0.05, 0) is 25.1 Å². The topological polar surface area (TPSA) is 100 Å². The molecule has 0 bridgehead atoms. The Morgan fingerprint density at radius 1 is 1.32 bits per heavy atom. The summed E-state index contributed by atoms with van der Waals surface area (Å²) in [5.74, 6) is -0.428. The molecular formula is C15H14F3N5O2. The molecule has 3 rings (SSSR count). The third-order valence-corrected chi connectivity index (χ3v) is 3.75. The number of alkyl halides is 3. The standard InChI is InChI=1S/C15H14F3N5O2/c1-7-13(10-3-2-8(4-11(10)24)15(16,17)18)22-23-14(20-7)21-9-5-12(25)19-6-9/h2-4,9,24H,5-6H2,1H3,(H,19,25)(H,20,21,23)/t9-/m0/s1. The third-order valence-electron chi connectivity index (χ3n) is 3.75. The molecule has 10 heteroatoms. The lowest BCUT2D eigenvalue weighted by atomic mass is 10.1. The summed E-state index contributed by atoms with van der Waals surface area (Å²) in [7, 11) is 0. The number of nitrogens with zero attached hydrogens (tertiary/aromatic N) is 3. The lowest BCUT2D eigenvalue weighted by Crippen LogP contribution is -2.24. The van der Waals surface area contributed by atoms with Crippen molar-refractivity contribution in [2.24, 2.45) is 0 Å². The zero-order chi connectivity index (χ0) is 18.2. The van der Waals surface area contributed by atoms with Crippen molar-refractivity contribution in [2.75, 3.05) is 11.9 Å². The van der Waals surface area contributed by atoms with E-state index in [1.54, 1.807) is 6.92 Å². The molecule has 1 aliphatic heterocycles. The summed E-state index contributed by atoms with van der Waals surface area (Å²) >= 11 is 0. The molecule has 0 saturated carbocycles. The van der Waals surface area contributed by atoms with Crippen LogP contribution in [0, 0.1) is 6.92 Å². The highest BCUT2D eigenvalue weighted by atomic mass is 19.4. The first-order valence-electron chi connectivity index (χ1n) is 7.39. The smallest absolute Gasteiger partial charge is 0.416 e. The number of nitrogens with one attached hydrogen (secondary N) is 2. The molecule has 1 aromatic heterocycles. The number of halogens is 3. The SMILES string of the molecule is Cc1nc(N[C@@H]2CNC(=O)C2)nnc1-c1ccc(C(F)(F)F)cc1O. The number of benzene rings is 1. The second-order valence-corrected chi connectivity index (χ2v) is 5.65. The van der Waals surface area contributed by atoms with E-state index in [0.29, 0.717) is 24.7 Å². The molecule has 1 aromatic carbocycles. The summed E-state index contributed by atoms with van der Waals surface area (Å²) in [4.78, 5) is 15.4. The van der Waals surface area contributed by atoms with Crippen LogP contribution in [-0.2, 0) is 11.0 Å². The van der Waals surface area contributed by atoms with Gasteiger partial charge in [0.05, 0.1) is 17.3 Å². The zero-order valence-corrected chi connectivity index (χ0v) is 13.1. The van der Waals surface area contributed by atoms with Crippen LogP contribution in [-0.4, -0.2) is 38.8 Å². The predicted octanol–water partition coefficient (Wildman–Crippen LogP) is 1.87. The molecule has 1 fully saturated rings. The Hall–Kier alpha value is -2.91. The number of anilines is 1. The summed E-state index contributed by atoms with van der Waals surface area (Å²) in [6, 6.07) is 2.47. The van der Waals surface area contributed by atoms with Gasteiger partial charge in [0, 0.05) is 18.5 Å². The van der Waals surface area contributed by atoms with Gasteiger partial charge >= 0.3 is 6.18 Å². The molecular weight excluding hydrogens is 339 g/mol. The minimum absolute atomic E-state index is 0.0755. The number of amides is 1. The van der Waals surface area contributed by atoms with Crippen LogP contribution in [0.4, 0.5) is 19.1 Å². The van der Waals surface area contributed by atoms with Crippen LogP contribution in [0.25, 0.3) is 11.3 Å². The second kappa shape index (κ2) is 6.19. The maximum absolute atomic E-state index is 12.7. The highest BCUT2D eigenvalue weighted by Gasteiger charge is 2.31. The number of aryl methyl sites for hydroxylation is 1. The van der Waals surface area contributed by atoms with Gasteiger partial charge in [-0.15, -0.1) is 10.2 Å². The predicted molar refractivity (Wildman–Crippen MR) is 81.7 cm³/mol. The van der Waals surface area contributed by atoms with Gasteiger partial charge in [0.2, 0.25) is 11.9 Å². The van der Waals surface area contributed by atoms with Gasteiger partial charge in [0.25, 0.3) is 0 Å². The first-order valence-corrected chi connectivity index (χ1v) is 7.39. The van der Waals surface area contributed by atoms with E-state index in [-0.39, 0.29) is 29.2 Å². The Labute approximate surface area is 140 Å². The molecule has 2 aromatic rings. The third kappa shape index (κ3) is 3.62. The summed E-state index contributed by atoms with van der Waals surface area (Å²) in [5, 5.41) is 23.3. The minimum Gasteiger partial charge on any atom is -0.507 e. The van der Waals surface area contributed by atoms with E-state index < -0.39 is 17.5 Å². The molecule has 0 aliphatic carbocycles. The molecule has 1 aliphatic rings. The number of phenols is 1. The van der Waals surface area contributed by atoms with Crippen molar-refractivity contribution in [1.82, 2.24) is 20.5 Å². The average Bonchev–Trinajstić information content (AvgIpc) is 2.92. The molecule has 7 nitrogen and oxygen atoms in total. The molecule has 0 radical (unpaired) electrons. The summed E-state index contributed by atoms with van der Waals surface area (Å²) < 4.78 is 38.0. The van der Waals surface area contributed by atoms with Crippen molar-refractivity contribution in [2.45, 2.75) is 25.6 Å². The van der Waals surface area contributed by atoms with Gasteiger partial charge in [-0.25, -0.2) is 4.98 Å². The van der Waals surface area contributed by atoms with E-state index in [0.717, 1.165) is 12.1 Å². The molecule has 1 amide bonds. The normalized spacial score (nSPS) is 17.4. The summed E-state index contributed by atoms with van der Waals surface area (Å²) in [6.07, 6.45) is -4.25. The molecule has 3 N–H and O–H groups in total. The largest absolute Gasteiger partial charge is 0.507 e. The zero-order valence-electron chi connectivity index (χ0n) is 13.1. The number of carbonyl (C=O) groups is 1. The maximum Gasteiger partial charge on any atom is 0.416 e. The van der Waals surface area contributed by atoms with Gasteiger partial charge in [0.1, 0.15) is 11.4 Å². The first-order chi connectivity index (χ1) is 11.7. The van der Waals surface area contributed by atoms with E-state index in [2.05, 4.69) is 25.8 Å². The first kappa shape index (κ1) is 16.9. The van der Waals surface area contributed by atoms with E-state index in [1.165, 1.54) is 0 Å². The van der Waals surface area contributed by atoms with Crippen LogP contribution in [0.2, 0.25) is 0 Å². The fraction of sp³-hybridized carbons (Fsp3) is 0.333. The molecule has 0 spiro atoms. The molecule has 1 atom stereocenters.